The molecule has 7 nitrogen and oxygen atoms in total. The van der Waals surface area contributed by atoms with Gasteiger partial charge in [-0.3, -0.25) is 19.6 Å². The Labute approximate surface area is 410 Å². The number of rotatable bonds is 0. The van der Waals surface area contributed by atoms with E-state index in [2.05, 4.69) is 150 Å². The van der Waals surface area contributed by atoms with Crippen molar-refractivity contribution in [3.05, 3.63) is 0 Å². The van der Waals surface area contributed by atoms with Crippen LogP contribution >= 0.6 is 0 Å². The average Bonchev–Trinajstić information content (AvgIpc) is 3.94. The molecule has 1 saturated carbocycles. The fourth-order valence-corrected chi connectivity index (χ4v) is 8.58. The van der Waals surface area contributed by atoms with Crippen LogP contribution < -0.4 is 5.32 Å². The third-order valence-electron chi connectivity index (χ3n) is 12.9. The van der Waals surface area contributed by atoms with E-state index in [1.807, 2.05) is 0 Å². The van der Waals surface area contributed by atoms with Crippen LogP contribution in [0.5, 0.6) is 0 Å². The lowest BCUT2D eigenvalue weighted by atomic mass is 9.80. The summed E-state index contributed by atoms with van der Waals surface area (Å²) in [7, 11) is 0. The molecule has 0 spiro atoms. The van der Waals surface area contributed by atoms with E-state index < -0.39 is 0 Å². The van der Waals surface area contributed by atoms with Gasteiger partial charge in [-0.25, -0.2) is 0 Å². The van der Waals surface area contributed by atoms with Gasteiger partial charge in [0.05, 0.1) is 19.3 Å². The van der Waals surface area contributed by atoms with Crippen LogP contribution in [0.25, 0.3) is 0 Å². The van der Waals surface area contributed by atoms with Gasteiger partial charge in [-0.1, -0.05) is 113 Å². The highest BCUT2D eigenvalue weighted by molar-refractivity contribution is 4.82. The quantitative estimate of drug-likeness (QED) is 0.260. The highest BCUT2D eigenvalue weighted by Gasteiger charge is 2.29. The Morgan fingerprint density at radius 1 is 0.344 bits per heavy atom. The molecule has 0 aromatic rings. The van der Waals surface area contributed by atoms with E-state index in [1.54, 1.807) is 0 Å². The summed E-state index contributed by atoms with van der Waals surface area (Å²) in [4.78, 5) is 10.1. The zero-order chi connectivity index (χ0) is 43.6. The summed E-state index contributed by atoms with van der Waals surface area (Å²) in [5.41, 5.74) is 2.44. The minimum absolute atomic E-state index is 0. The van der Waals surface area contributed by atoms with Crippen LogP contribution in [0.1, 0.15) is 247 Å². The van der Waals surface area contributed by atoms with Crippen LogP contribution in [0.4, 0.5) is 0 Å². The zero-order valence-corrected chi connectivity index (χ0v) is 42.2. The topological polar surface area (TPSA) is 43.5 Å². The van der Waals surface area contributed by atoms with Crippen molar-refractivity contribution >= 4 is 0 Å². The second kappa shape index (κ2) is 36.7. The molecule has 64 heavy (non-hydrogen) atoms. The molecule has 1 atom stereocenters. The molecule has 6 rings (SSSR count). The first kappa shape index (κ1) is 77.9. The number of hydrogen-bond donors (Lipinski definition) is 1. The standard InChI is InChI=1S/C9H19N.C9H18.C8H18N2.C8H17NO.C8H17N.C8H16O.7CH4/c1-9(2,3)10-7-5-4-6-8-10;1-9(2,3)8-6-4-5-7-8;1-8(2,3)10-6-4-9-5-7-10;1-8(2,3)9-4-6-10-7-5-9;1-8(2,3)9-6-4-5-7-9;1-8(2,3)7-5-4-6-9-7;;;;;;;/h4-8H2,1-3H3;8H,4-7H2,1-3H3;9H,4-7H2,1-3H3;4-7H2,1-3H3;4-7H2,1-3H3;7H,4-6H2,1-3H3;7*1H4. The van der Waals surface area contributed by atoms with Crippen molar-refractivity contribution in [2.75, 3.05) is 85.3 Å². The Balaban J connectivity index is -0.000000119. The Kier molecular flexibility index (Phi) is 44.6. The summed E-state index contributed by atoms with van der Waals surface area (Å²) in [5, 5.41) is 3.35. The number of morpholine rings is 1. The number of nitrogens with zero attached hydrogens (tertiary/aromatic N) is 4. The van der Waals surface area contributed by atoms with Crippen LogP contribution in [0.15, 0.2) is 0 Å². The van der Waals surface area contributed by atoms with Crippen LogP contribution in [0.3, 0.4) is 0 Å². The van der Waals surface area contributed by atoms with E-state index in [-0.39, 0.29) is 52.0 Å². The monoisotopic (exact) mass is 920 g/mol. The lowest BCUT2D eigenvalue weighted by molar-refractivity contribution is -0.00389. The number of nitrogens with one attached hydrogen (secondary N) is 1. The van der Waals surface area contributed by atoms with Gasteiger partial charge in [0.1, 0.15) is 0 Å². The van der Waals surface area contributed by atoms with Gasteiger partial charge < -0.3 is 14.8 Å². The van der Waals surface area contributed by atoms with E-state index in [4.69, 9.17) is 9.47 Å². The van der Waals surface area contributed by atoms with E-state index in [9.17, 15) is 0 Å². The van der Waals surface area contributed by atoms with Crippen molar-refractivity contribution in [3.8, 4) is 0 Å². The van der Waals surface area contributed by atoms with Gasteiger partial charge in [0.15, 0.2) is 0 Å². The van der Waals surface area contributed by atoms with E-state index in [0.717, 1.165) is 51.9 Å². The van der Waals surface area contributed by atoms with E-state index in [1.165, 1.54) is 110 Å². The minimum atomic E-state index is 0. The molecule has 1 N–H and O–H groups in total. The Bertz CT molecular complexity index is 844. The Morgan fingerprint density at radius 2 is 0.672 bits per heavy atom. The summed E-state index contributed by atoms with van der Waals surface area (Å²) < 4.78 is 10.8. The molecule has 5 saturated heterocycles. The number of hydrogen-bond acceptors (Lipinski definition) is 7. The number of piperidine rings is 1. The predicted molar refractivity (Wildman–Crippen MR) is 299 cm³/mol. The van der Waals surface area contributed by atoms with Crippen molar-refractivity contribution in [3.63, 3.8) is 0 Å². The first-order valence-electron chi connectivity index (χ1n) is 24.0. The normalized spacial score (nSPS) is 21.4. The van der Waals surface area contributed by atoms with Crippen molar-refractivity contribution < 1.29 is 9.47 Å². The lowest BCUT2D eigenvalue weighted by Gasteiger charge is -2.38. The van der Waals surface area contributed by atoms with Crippen LogP contribution in [0, 0.1) is 16.7 Å². The third-order valence-corrected chi connectivity index (χ3v) is 12.9. The highest BCUT2D eigenvalue weighted by Crippen LogP contribution is 2.38. The molecule has 0 amide bonds. The highest BCUT2D eigenvalue weighted by atomic mass is 16.5. The van der Waals surface area contributed by atoms with Crippen LogP contribution in [0.2, 0.25) is 0 Å². The average molecular weight is 921 g/mol. The number of piperazine rings is 1. The summed E-state index contributed by atoms with van der Waals surface area (Å²) in [6, 6.07) is 0. The molecule has 7 heteroatoms. The molecule has 6 fully saturated rings. The lowest BCUT2D eigenvalue weighted by Crippen LogP contribution is -2.51. The summed E-state index contributed by atoms with van der Waals surface area (Å²) in [6.45, 7) is 56.0. The van der Waals surface area contributed by atoms with Crippen molar-refractivity contribution in [2.24, 2.45) is 16.7 Å². The number of ether oxygens (including phenoxy) is 2. The molecule has 1 aliphatic carbocycles. The molecule has 0 bridgehead atoms. The Morgan fingerprint density at radius 3 is 0.891 bits per heavy atom. The first-order chi connectivity index (χ1) is 26.1. The van der Waals surface area contributed by atoms with Gasteiger partial charge in [-0.15, -0.1) is 0 Å². The fourth-order valence-electron chi connectivity index (χ4n) is 8.58. The first-order valence-corrected chi connectivity index (χ1v) is 24.0. The van der Waals surface area contributed by atoms with E-state index >= 15 is 0 Å². The zero-order valence-electron chi connectivity index (χ0n) is 42.2. The van der Waals surface area contributed by atoms with Gasteiger partial charge in [0, 0.05) is 68.0 Å². The van der Waals surface area contributed by atoms with Crippen molar-refractivity contribution in [1.82, 2.24) is 24.9 Å². The van der Waals surface area contributed by atoms with Gasteiger partial charge in [0.25, 0.3) is 0 Å². The smallest absolute Gasteiger partial charge is 0.0624 e. The maximum absolute atomic E-state index is 5.52. The third kappa shape index (κ3) is 34.9. The van der Waals surface area contributed by atoms with Crippen molar-refractivity contribution in [1.29, 1.82) is 0 Å². The second-order valence-corrected chi connectivity index (χ2v) is 24.0. The molecular weight excluding hydrogens is 787 g/mol. The molecule has 0 aromatic carbocycles. The SMILES string of the molecule is C.C.C.C.C.C.C.CC(C)(C)C1CCCC1.CC(C)(C)C1CCCO1.CC(C)(C)N1CCCC1.CC(C)(C)N1CCCCC1.CC(C)(C)N1CCNCC1.CC(C)(C)N1CCOCC1. The molecule has 0 aromatic heterocycles. The van der Waals surface area contributed by atoms with Gasteiger partial charge in [-0.2, -0.15) is 0 Å². The maximum Gasteiger partial charge on any atom is 0.0624 e. The molecule has 6 aliphatic rings. The molecule has 5 aliphatic heterocycles. The van der Waals surface area contributed by atoms with Crippen LogP contribution in [-0.2, 0) is 9.47 Å². The summed E-state index contributed by atoms with van der Waals surface area (Å²) in [6.07, 6.45) is 16.0. The van der Waals surface area contributed by atoms with Crippen molar-refractivity contribution in [2.45, 2.75) is 276 Å². The minimum Gasteiger partial charge on any atom is -0.379 e. The fraction of sp³-hybridized carbons (Fsp3) is 1.00. The largest absolute Gasteiger partial charge is 0.379 e. The second-order valence-electron chi connectivity index (χ2n) is 24.0. The summed E-state index contributed by atoms with van der Waals surface area (Å²) in [5.74, 6) is 1.01. The molecule has 0 radical (unpaired) electrons. The van der Waals surface area contributed by atoms with Gasteiger partial charge >= 0.3 is 0 Å². The number of likely N-dealkylation sites (tertiary alicyclic amines) is 2. The van der Waals surface area contributed by atoms with E-state index in [0.29, 0.717) is 39.1 Å². The summed E-state index contributed by atoms with van der Waals surface area (Å²) >= 11 is 0. The predicted octanol–water partition coefficient (Wildman–Crippen LogP) is 15.8. The molecule has 5 heterocycles. The molecule has 1 unspecified atom stereocenters. The van der Waals surface area contributed by atoms with Gasteiger partial charge in [-0.05, 0) is 177 Å². The van der Waals surface area contributed by atoms with Crippen LogP contribution in [-0.4, -0.2) is 133 Å². The molecule has 398 valence electrons. The molecular formula is C57H133N5O2. The Hall–Kier alpha value is -0.280. The maximum atomic E-state index is 5.52. The van der Waals surface area contributed by atoms with Gasteiger partial charge in [0.2, 0.25) is 0 Å².